The van der Waals surface area contributed by atoms with Gasteiger partial charge in [-0.1, -0.05) is 11.6 Å². The van der Waals surface area contributed by atoms with E-state index in [0.29, 0.717) is 11.3 Å². The minimum Gasteiger partial charge on any atom is -0.462 e. The van der Waals surface area contributed by atoms with Crippen molar-refractivity contribution in [3.05, 3.63) is 68.7 Å². The zero-order valence-electron chi connectivity index (χ0n) is 14.6. The normalized spacial score (nSPS) is 10.1. The summed E-state index contributed by atoms with van der Waals surface area (Å²) in [6.07, 6.45) is 0. The molecule has 1 N–H and O–H groups in total. The number of rotatable bonds is 7. The van der Waals surface area contributed by atoms with Gasteiger partial charge >= 0.3 is 11.9 Å². The number of halogens is 1. The van der Waals surface area contributed by atoms with E-state index < -0.39 is 35.1 Å². The van der Waals surface area contributed by atoms with Gasteiger partial charge in [0, 0.05) is 11.8 Å². The fourth-order valence-electron chi connectivity index (χ4n) is 2.10. The molecule has 0 saturated carbocycles. The van der Waals surface area contributed by atoms with Crippen molar-refractivity contribution in [1.29, 1.82) is 0 Å². The van der Waals surface area contributed by atoms with Crippen LogP contribution in [0.2, 0.25) is 5.02 Å². The topological polar surface area (TPSA) is 125 Å². The van der Waals surface area contributed by atoms with Gasteiger partial charge < -0.3 is 14.8 Å². The summed E-state index contributed by atoms with van der Waals surface area (Å²) in [5, 5.41) is 13.2. The Labute approximate surface area is 164 Å². The second kappa shape index (κ2) is 9.47. The molecule has 2 aromatic carbocycles. The van der Waals surface area contributed by atoms with Gasteiger partial charge in [-0.25, -0.2) is 9.59 Å². The molecule has 0 aliphatic heterocycles. The van der Waals surface area contributed by atoms with Gasteiger partial charge in [0.15, 0.2) is 6.61 Å². The number of benzene rings is 2. The van der Waals surface area contributed by atoms with E-state index in [-0.39, 0.29) is 17.2 Å². The van der Waals surface area contributed by atoms with Crippen molar-refractivity contribution in [2.45, 2.75) is 6.92 Å². The largest absolute Gasteiger partial charge is 0.462 e. The summed E-state index contributed by atoms with van der Waals surface area (Å²) in [6, 6.07) is 9.36. The van der Waals surface area contributed by atoms with Gasteiger partial charge in [-0.2, -0.15) is 0 Å². The summed E-state index contributed by atoms with van der Waals surface area (Å²) in [4.78, 5) is 45.5. The predicted molar refractivity (Wildman–Crippen MR) is 99.4 cm³/mol. The highest BCUT2D eigenvalue weighted by molar-refractivity contribution is 6.32. The van der Waals surface area contributed by atoms with Crippen molar-refractivity contribution in [2.24, 2.45) is 0 Å². The lowest BCUT2D eigenvalue weighted by atomic mass is 10.2. The Morgan fingerprint density at radius 3 is 2.25 bits per heavy atom. The molecule has 2 rings (SSSR count). The number of nitrogens with one attached hydrogen (secondary N) is 1. The number of nitro benzene ring substituents is 1. The van der Waals surface area contributed by atoms with Crippen LogP contribution in [0, 0.1) is 10.1 Å². The molecular formula is C18H15ClN2O7. The molecular weight excluding hydrogens is 392 g/mol. The maximum absolute atomic E-state index is 11.9. The van der Waals surface area contributed by atoms with Gasteiger partial charge in [-0.05, 0) is 43.3 Å². The summed E-state index contributed by atoms with van der Waals surface area (Å²) in [6.45, 7) is 1.34. The standard InChI is InChI=1S/C18H15ClN2O7/c1-2-27-17(23)11-3-6-13(7-4-11)20-16(22)10-28-18(24)12-5-8-14(19)15(9-12)21(25)26/h3-9H,2,10H2,1H3,(H,20,22). The molecule has 0 radical (unpaired) electrons. The zero-order valence-corrected chi connectivity index (χ0v) is 15.4. The van der Waals surface area contributed by atoms with Crippen molar-refractivity contribution in [3.8, 4) is 0 Å². The summed E-state index contributed by atoms with van der Waals surface area (Å²) >= 11 is 5.68. The monoisotopic (exact) mass is 406 g/mol. The van der Waals surface area contributed by atoms with E-state index in [0.717, 1.165) is 6.07 Å². The van der Waals surface area contributed by atoms with E-state index >= 15 is 0 Å². The van der Waals surface area contributed by atoms with Gasteiger partial charge in [0.1, 0.15) is 5.02 Å². The number of esters is 2. The molecule has 9 nitrogen and oxygen atoms in total. The smallest absolute Gasteiger partial charge is 0.338 e. The molecule has 0 saturated heterocycles. The molecule has 0 aromatic heterocycles. The van der Waals surface area contributed by atoms with E-state index in [2.05, 4.69) is 5.32 Å². The fraction of sp³-hybridized carbons (Fsp3) is 0.167. The molecule has 0 atom stereocenters. The first kappa shape index (κ1) is 20.8. The van der Waals surface area contributed by atoms with Crippen LogP contribution in [0.15, 0.2) is 42.5 Å². The van der Waals surface area contributed by atoms with Gasteiger partial charge in [0.05, 0.1) is 22.7 Å². The van der Waals surface area contributed by atoms with E-state index in [1.165, 1.54) is 36.4 Å². The molecule has 0 aliphatic carbocycles. The van der Waals surface area contributed by atoms with Crippen molar-refractivity contribution >= 4 is 40.8 Å². The minimum atomic E-state index is -0.910. The molecule has 0 bridgehead atoms. The van der Waals surface area contributed by atoms with Crippen LogP contribution in [0.4, 0.5) is 11.4 Å². The summed E-state index contributed by atoms with van der Waals surface area (Å²) in [5.41, 5.74) is 0.164. The molecule has 2 aromatic rings. The second-order valence-corrected chi connectivity index (χ2v) is 5.75. The van der Waals surface area contributed by atoms with Crippen LogP contribution in [-0.4, -0.2) is 36.0 Å². The third-order valence-electron chi connectivity index (χ3n) is 3.39. The van der Waals surface area contributed by atoms with Crippen molar-refractivity contribution in [1.82, 2.24) is 0 Å². The van der Waals surface area contributed by atoms with E-state index in [1.807, 2.05) is 0 Å². The minimum absolute atomic E-state index is 0.109. The number of amides is 1. The molecule has 0 heterocycles. The van der Waals surface area contributed by atoms with Crippen LogP contribution in [0.25, 0.3) is 0 Å². The molecule has 146 valence electrons. The first-order valence-corrected chi connectivity index (χ1v) is 8.37. The van der Waals surface area contributed by atoms with Crippen molar-refractivity contribution in [2.75, 3.05) is 18.5 Å². The quantitative estimate of drug-likeness (QED) is 0.425. The molecule has 0 spiro atoms. The number of nitro groups is 1. The number of hydrogen-bond donors (Lipinski definition) is 1. The number of ether oxygens (including phenoxy) is 2. The third kappa shape index (κ3) is 5.52. The number of carbonyl (C=O) groups is 3. The highest BCUT2D eigenvalue weighted by Gasteiger charge is 2.18. The molecule has 0 fully saturated rings. The molecule has 0 unspecified atom stereocenters. The van der Waals surface area contributed by atoms with Gasteiger partial charge in [0.2, 0.25) is 0 Å². The van der Waals surface area contributed by atoms with Gasteiger partial charge in [-0.15, -0.1) is 0 Å². The first-order valence-electron chi connectivity index (χ1n) is 8.00. The molecule has 28 heavy (non-hydrogen) atoms. The second-order valence-electron chi connectivity index (χ2n) is 5.35. The van der Waals surface area contributed by atoms with Crippen LogP contribution in [0.3, 0.4) is 0 Å². The lowest BCUT2D eigenvalue weighted by Crippen LogP contribution is -2.21. The third-order valence-corrected chi connectivity index (χ3v) is 3.71. The summed E-state index contributed by atoms with van der Waals surface area (Å²) in [7, 11) is 0. The Hall–Kier alpha value is -3.46. The average Bonchev–Trinajstić information content (AvgIpc) is 2.67. The first-order chi connectivity index (χ1) is 13.3. The van der Waals surface area contributed by atoms with Crippen LogP contribution in [0.5, 0.6) is 0 Å². The van der Waals surface area contributed by atoms with Crippen LogP contribution in [0.1, 0.15) is 27.6 Å². The molecule has 0 aliphatic rings. The van der Waals surface area contributed by atoms with Gasteiger partial charge in [-0.3, -0.25) is 14.9 Å². The zero-order chi connectivity index (χ0) is 20.7. The van der Waals surface area contributed by atoms with E-state index in [4.69, 9.17) is 21.1 Å². The highest BCUT2D eigenvalue weighted by Crippen LogP contribution is 2.25. The average molecular weight is 407 g/mol. The highest BCUT2D eigenvalue weighted by atomic mass is 35.5. The maximum Gasteiger partial charge on any atom is 0.338 e. The Bertz CT molecular complexity index is 913. The lowest BCUT2D eigenvalue weighted by Gasteiger charge is -2.08. The molecule has 10 heteroatoms. The summed E-state index contributed by atoms with van der Waals surface area (Å²) < 4.78 is 9.69. The number of carbonyl (C=O) groups excluding carboxylic acids is 3. The van der Waals surface area contributed by atoms with Crippen molar-refractivity contribution < 1.29 is 28.8 Å². The van der Waals surface area contributed by atoms with Gasteiger partial charge in [0.25, 0.3) is 11.6 Å². The maximum atomic E-state index is 11.9. The Morgan fingerprint density at radius 1 is 1.04 bits per heavy atom. The molecule has 1 amide bonds. The lowest BCUT2D eigenvalue weighted by molar-refractivity contribution is -0.384. The number of nitrogens with zero attached hydrogens (tertiary/aromatic N) is 1. The number of hydrogen-bond acceptors (Lipinski definition) is 7. The Morgan fingerprint density at radius 2 is 1.64 bits per heavy atom. The Balaban J connectivity index is 1.92. The predicted octanol–water partition coefficient (Wildman–Crippen LogP) is 3.22. The van der Waals surface area contributed by atoms with Crippen molar-refractivity contribution in [3.63, 3.8) is 0 Å². The summed E-state index contributed by atoms with van der Waals surface area (Å²) in [5.74, 6) is -2.01. The number of anilines is 1. The van der Waals surface area contributed by atoms with E-state index in [1.54, 1.807) is 6.92 Å². The van der Waals surface area contributed by atoms with Crippen LogP contribution in [-0.2, 0) is 14.3 Å². The van der Waals surface area contributed by atoms with E-state index in [9.17, 15) is 24.5 Å². The fourth-order valence-corrected chi connectivity index (χ4v) is 2.28. The van der Waals surface area contributed by atoms with Crippen LogP contribution < -0.4 is 5.32 Å². The Kier molecular flexibility index (Phi) is 7.05. The van der Waals surface area contributed by atoms with Crippen LogP contribution >= 0.6 is 11.6 Å². The SMILES string of the molecule is CCOC(=O)c1ccc(NC(=O)COC(=O)c2ccc(Cl)c([N+](=O)[O-])c2)cc1.